The highest BCUT2D eigenvalue weighted by Crippen LogP contribution is 2.64. The van der Waals surface area contributed by atoms with Crippen LogP contribution in [0.1, 0.15) is 17.4 Å². The van der Waals surface area contributed by atoms with Gasteiger partial charge in [0.15, 0.2) is 0 Å². The van der Waals surface area contributed by atoms with E-state index in [4.69, 9.17) is 0 Å². The van der Waals surface area contributed by atoms with Crippen molar-refractivity contribution in [3.8, 4) is 0 Å². The number of allylic oxidation sites excluding steroid dienone is 5. The lowest BCUT2D eigenvalue weighted by Gasteiger charge is -2.26. The van der Waals surface area contributed by atoms with Crippen LogP contribution < -0.4 is 0 Å². The van der Waals surface area contributed by atoms with Crippen LogP contribution in [0.5, 0.6) is 0 Å². The minimum Gasteiger partial charge on any atom is -0.194 e. The number of hydrogen-bond donors (Lipinski definition) is 2. The topological polar surface area (TPSA) is 0 Å². The molecule has 2 heterocycles. The van der Waals surface area contributed by atoms with Crippen LogP contribution in [0.2, 0.25) is 0 Å². The molecule has 1 aromatic rings. The van der Waals surface area contributed by atoms with E-state index in [0.29, 0.717) is 9.72 Å². The zero-order chi connectivity index (χ0) is 18.9. The summed E-state index contributed by atoms with van der Waals surface area (Å²) in [5, 5.41) is 0.324. The summed E-state index contributed by atoms with van der Waals surface area (Å²) in [6.45, 7) is 2.86. The molecule has 0 atom stereocenters. The van der Waals surface area contributed by atoms with Gasteiger partial charge in [-0.25, -0.2) is 0 Å². The van der Waals surface area contributed by atoms with Gasteiger partial charge in [0.25, 0.3) is 0 Å². The Morgan fingerprint density at radius 1 is 0.960 bits per heavy atom. The molecule has 1 aromatic heterocycles. The van der Waals surface area contributed by atoms with E-state index in [1.54, 1.807) is 0 Å². The van der Waals surface area contributed by atoms with Crippen molar-refractivity contribution in [3.63, 3.8) is 0 Å². The second-order valence-corrected chi connectivity index (χ2v) is 10.2. The largest absolute Gasteiger partial charge is 0.380 e. The molecule has 1 aliphatic carbocycles. The molecule has 0 bridgehead atoms. The highest BCUT2D eigenvalue weighted by Gasteiger charge is 2.80. The first-order chi connectivity index (χ1) is 11.3. The van der Waals surface area contributed by atoms with E-state index in [0.717, 1.165) is 17.4 Å². The van der Waals surface area contributed by atoms with Gasteiger partial charge in [0.2, 0.25) is 0 Å². The first-order valence-corrected chi connectivity index (χ1v) is 9.60. The summed E-state index contributed by atoms with van der Waals surface area (Å²) in [6, 6.07) is 1.13. The van der Waals surface area contributed by atoms with Crippen LogP contribution in [-0.4, -0.2) is 27.3 Å². The summed E-state index contributed by atoms with van der Waals surface area (Å²) < 4.78 is 86.9. The summed E-state index contributed by atoms with van der Waals surface area (Å²) in [4.78, 5) is 0.222. The number of alkyl halides is 6. The lowest BCUT2D eigenvalue weighted by atomic mass is 9.95. The third-order valence-corrected chi connectivity index (χ3v) is 6.88. The predicted molar refractivity (Wildman–Crippen MR) is 93.6 cm³/mol. The van der Waals surface area contributed by atoms with Crippen molar-refractivity contribution >= 4 is 51.7 Å². The summed E-state index contributed by atoms with van der Waals surface area (Å²) in [7, 11) is -0.112. The maximum Gasteiger partial charge on any atom is 0.380 e. The van der Waals surface area contributed by atoms with Gasteiger partial charge in [0, 0.05) is 16.0 Å². The summed E-state index contributed by atoms with van der Waals surface area (Å²) in [5.41, 5.74) is -3.25. The molecule has 3 rings (SSSR count). The average molecular weight is 429 g/mol. The third kappa shape index (κ3) is 2.51. The van der Waals surface area contributed by atoms with Gasteiger partial charge in [-0.1, -0.05) is 5.20 Å². The molecule has 0 N–H and O–H groups in total. The Bertz CT molecular complexity index is 863. The minimum atomic E-state index is -5.53. The Morgan fingerprint density at radius 2 is 1.52 bits per heavy atom. The Labute approximate surface area is 157 Å². The second kappa shape index (κ2) is 5.70. The highest BCUT2D eigenvalue weighted by molar-refractivity contribution is 7.86. The molecule has 0 aromatic carbocycles. The van der Waals surface area contributed by atoms with Crippen molar-refractivity contribution < 1.29 is 26.3 Å². The first-order valence-electron chi connectivity index (χ1n) is 6.89. The van der Waals surface area contributed by atoms with Crippen molar-refractivity contribution in [2.24, 2.45) is 0 Å². The van der Waals surface area contributed by atoms with Crippen LogP contribution in [0.3, 0.4) is 0 Å². The number of hydrogen-bond acceptors (Lipinski definition) is 3. The van der Waals surface area contributed by atoms with Crippen LogP contribution >= 0.6 is 36.6 Å². The maximum atomic E-state index is 14.5. The lowest BCUT2D eigenvalue weighted by Crippen LogP contribution is -2.49. The second-order valence-electron chi connectivity index (χ2n) is 5.72. The van der Waals surface area contributed by atoms with Gasteiger partial charge in [-0.05, 0) is 41.7 Å². The Balaban J connectivity index is 2.43. The number of thiophene rings is 1. The van der Waals surface area contributed by atoms with Crippen molar-refractivity contribution in [2.75, 3.05) is 0 Å². The molecule has 0 saturated carbocycles. The standard InChI is InChI=1S/C15H10F6S3Si/c1-5-7(3-9(22)24-5)11-12(8-4-10(23)25-6(8)2)14(18,19)15(20,21)13(11,16)17/h3-4,22-23H,1-2H3. The van der Waals surface area contributed by atoms with E-state index in [1.807, 2.05) is 0 Å². The molecule has 134 valence electrons. The fourth-order valence-corrected chi connectivity index (χ4v) is 5.81. The Kier molecular flexibility index (Phi) is 4.38. The van der Waals surface area contributed by atoms with Gasteiger partial charge in [-0.15, -0.1) is 24.0 Å². The van der Waals surface area contributed by atoms with Crippen molar-refractivity contribution in [1.29, 1.82) is 0 Å². The predicted octanol–water partition coefficient (Wildman–Crippen LogP) is 5.78. The van der Waals surface area contributed by atoms with Gasteiger partial charge < -0.3 is 0 Å². The van der Waals surface area contributed by atoms with E-state index in [-0.39, 0.29) is 29.7 Å². The van der Waals surface area contributed by atoms with Crippen molar-refractivity contribution in [2.45, 2.75) is 35.8 Å². The Morgan fingerprint density at radius 3 is 1.96 bits per heavy atom. The molecule has 10 heteroatoms. The number of halogens is 6. The molecule has 2 aliphatic rings. The SMILES string of the molecule is CC1=C(C2=C(c3cc(S)sc3C)C(F)(F)C(F)(F)C2(F)F)C=C(S)[Si]1. The lowest BCUT2D eigenvalue weighted by molar-refractivity contribution is -0.259. The van der Waals surface area contributed by atoms with Crippen LogP contribution in [0.15, 0.2) is 37.2 Å². The zero-order valence-corrected chi connectivity index (χ0v) is 16.3. The van der Waals surface area contributed by atoms with Crippen LogP contribution in [0.25, 0.3) is 5.57 Å². The molecule has 1 aliphatic heterocycles. The van der Waals surface area contributed by atoms with Crippen LogP contribution in [0.4, 0.5) is 26.3 Å². The van der Waals surface area contributed by atoms with E-state index >= 15 is 0 Å². The van der Waals surface area contributed by atoms with E-state index in [1.165, 1.54) is 19.9 Å². The average Bonchev–Trinajstić information content (AvgIpc) is 2.98. The molecule has 0 saturated heterocycles. The summed E-state index contributed by atoms with van der Waals surface area (Å²) >= 11 is 9.06. The highest BCUT2D eigenvalue weighted by atomic mass is 32.2. The fraction of sp³-hybridized carbons (Fsp3) is 0.333. The molecule has 0 amide bonds. The van der Waals surface area contributed by atoms with E-state index < -0.39 is 28.9 Å². The monoisotopic (exact) mass is 428 g/mol. The fourth-order valence-electron chi connectivity index (χ4n) is 2.95. The molecule has 0 nitrogen and oxygen atoms in total. The molecule has 0 spiro atoms. The van der Waals surface area contributed by atoms with Crippen LogP contribution in [-0.2, 0) is 0 Å². The van der Waals surface area contributed by atoms with E-state index in [9.17, 15) is 26.3 Å². The smallest absolute Gasteiger partial charge is 0.194 e. The number of rotatable bonds is 2. The number of aryl methyl sites for hydroxylation is 1. The molecular weight excluding hydrogens is 418 g/mol. The summed E-state index contributed by atoms with van der Waals surface area (Å²) in [5.74, 6) is -15.5. The zero-order valence-electron chi connectivity index (χ0n) is 12.7. The molecule has 25 heavy (non-hydrogen) atoms. The van der Waals surface area contributed by atoms with Crippen molar-refractivity contribution in [1.82, 2.24) is 0 Å². The first kappa shape index (κ1) is 19.2. The van der Waals surface area contributed by atoms with Gasteiger partial charge in [-0.3, -0.25) is 0 Å². The molecule has 0 unspecified atom stereocenters. The number of thiol groups is 2. The summed E-state index contributed by atoms with van der Waals surface area (Å²) in [6.07, 6.45) is 1.17. The molecular formula is C15H10F6S3Si. The maximum absolute atomic E-state index is 14.5. The van der Waals surface area contributed by atoms with E-state index in [2.05, 4.69) is 25.3 Å². The van der Waals surface area contributed by atoms with Gasteiger partial charge in [0.1, 0.15) is 9.52 Å². The molecule has 2 radical (unpaired) electrons. The third-order valence-electron chi connectivity index (χ3n) is 4.11. The normalized spacial score (nSPS) is 24.3. The quantitative estimate of drug-likeness (QED) is 0.333. The van der Waals surface area contributed by atoms with Gasteiger partial charge in [0.05, 0.1) is 4.21 Å². The van der Waals surface area contributed by atoms with Gasteiger partial charge in [-0.2, -0.15) is 39.0 Å². The minimum absolute atomic E-state index is 0.112. The van der Waals surface area contributed by atoms with Crippen molar-refractivity contribution in [3.05, 3.63) is 43.5 Å². The molecule has 0 fully saturated rings. The Hall–Kier alpha value is -0.583. The van der Waals surface area contributed by atoms with Gasteiger partial charge >= 0.3 is 17.8 Å². The van der Waals surface area contributed by atoms with Crippen LogP contribution in [0, 0.1) is 6.92 Å².